The van der Waals surface area contributed by atoms with Crippen LogP contribution in [0, 0.1) is 0 Å². The van der Waals surface area contributed by atoms with Gasteiger partial charge in [-0.05, 0) is 31.0 Å². The van der Waals surface area contributed by atoms with Gasteiger partial charge in [-0.1, -0.05) is 32.9 Å². The minimum absolute atomic E-state index is 0.196. The summed E-state index contributed by atoms with van der Waals surface area (Å²) in [6.07, 6.45) is 4.36. The quantitative estimate of drug-likeness (QED) is 0.425. The standard InChI is InChI=1S/C15H30O4Si/c1-13(16)18-11-8-7-9-14(17)10-12-19-20(5,6)15(2,3)4/h7-8,14,17H,9-12H2,1-6H3/b8-7+. The van der Waals surface area contributed by atoms with E-state index in [4.69, 9.17) is 9.16 Å². The third-order valence-electron chi connectivity index (χ3n) is 3.68. The van der Waals surface area contributed by atoms with E-state index in [0.717, 1.165) is 0 Å². The van der Waals surface area contributed by atoms with E-state index >= 15 is 0 Å². The van der Waals surface area contributed by atoms with Crippen molar-refractivity contribution in [3.8, 4) is 0 Å². The Balaban J connectivity index is 3.84. The Hall–Kier alpha value is -0.653. The highest BCUT2D eigenvalue weighted by Crippen LogP contribution is 2.36. The molecule has 1 unspecified atom stereocenters. The van der Waals surface area contributed by atoms with Gasteiger partial charge in [0.25, 0.3) is 0 Å². The van der Waals surface area contributed by atoms with Gasteiger partial charge >= 0.3 is 5.97 Å². The van der Waals surface area contributed by atoms with Crippen LogP contribution in [-0.2, 0) is 14.0 Å². The second-order valence-corrected chi connectivity index (χ2v) is 11.4. The summed E-state index contributed by atoms with van der Waals surface area (Å²) in [6, 6.07) is 0. The molecular weight excluding hydrogens is 272 g/mol. The summed E-state index contributed by atoms with van der Waals surface area (Å²) < 4.78 is 10.8. The highest BCUT2D eigenvalue weighted by atomic mass is 28.4. The number of esters is 1. The van der Waals surface area contributed by atoms with Crippen molar-refractivity contribution >= 4 is 14.3 Å². The average molecular weight is 302 g/mol. The highest BCUT2D eigenvalue weighted by molar-refractivity contribution is 6.74. The molecule has 118 valence electrons. The van der Waals surface area contributed by atoms with Gasteiger partial charge in [0.1, 0.15) is 6.61 Å². The van der Waals surface area contributed by atoms with Gasteiger partial charge in [-0.3, -0.25) is 4.79 Å². The largest absolute Gasteiger partial charge is 0.462 e. The Bertz CT molecular complexity index is 318. The predicted molar refractivity (Wildman–Crippen MR) is 84.2 cm³/mol. The number of ether oxygens (including phenoxy) is 1. The van der Waals surface area contributed by atoms with Crippen molar-refractivity contribution in [3.05, 3.63) is 12.2 Å². The van der Waals surface area contributed by atoms with Crippen molar-refractivity contribution in [1.29, 1.82) is 0 Å². The first kappa shape index (κ1) is 19.3. The van der Waals surface area contributed by atoms with E-state index in [-0.39, 0.29) is 17.6 Å². The Labute approximate surface area is 124 Å². The van der Waals surface area contributed by atoms with E-state index in [2.05, 4.69) is 33.9 Å². The van der Waals surface area contributed by atoms with Crippen LogP contribution in [0.1, 0.15) is 40.5 Å². The number of rotatable bonds is 8. The van der Waals surface area contributed by atoms with Crippen LogP contribution in [0.5, 0.6) is 0 Å². The van der Waals surface area contributed by atoms with Gasteiger partial charge in [-0.2, -0.15) is 0 Å². The van der Waals surface area contributed by atoms with Crippen LogP contribution in [0.25, 0.3) is 0 Å². The molecule has 4 nitrogen and oxygen atoms in total. The minimum Gasteiger partial charge on any atom is -0.462 e. The zero-order chi connectivity index (χ0) is 15.8. The fraction of sp³-hybridized carbons (Fsp3) is 0.800. The first-order valence-electron chi connectivity index (χ1n) is 7.16. The molecule has 0 rings (SSSR count). The van der Waals surface area contributed by atoms with Gasteiger partial charge in [0, 0.05) is 13.5 Å². The maximum Gasteiger partial charge on any atom is 0.302 e. The van der Waals surface area contributed by atoms with E-state index in [1.807, 2.05) is 6.08 Å². The molecule has 0 aromatic rings. The molecule has 0 saturated heterocycles. The smallest absolute Gasteiger partial charge is 0.302 e. The van der Waals surface area contributed by atoms with Crippen molar-refractivity contribution in [2.45, 2.75) is 64.8 Å². The monoisotopic (exact) mass is 302 g/mol. The number of carbonyl (C=O) groups is 1. The maximum absolute atomic E-state index is 10.5. The Morgan fingerprint density at radius 1 is 1.30 bits per heavy atom. The molecular formula is C15H30O4Si. The number of carbonyl (C=O) groups excluding carboxylic acids is 1. The van der Waals surface area contributed by atoms with Crippen LogP contribution in [-0.4, -0.2) is 38.7 Å². The van der Waals surface area contributed by atoms with E-state index in [9.17, 15) is 9.90 Å². The first-order valence-corrected chi connectivity index (χ1v) is 10.1. The minimum atomic E-state index is -1.71. The molecule has 0 saturated carbocycles. The number of hydrogen-bond donors (Lipinski definition) is 1. The molecule has 0 fully saturated rings. The summed E-state index contributed by atoms with van der Waals surface area (Å²) in [5.41, 5.74) is 0. The van der Waals surface area contributed by atoms with E-state index in [1.165, 1.54) is 6.92 Å². The Kier molecular flexibility index (Phi) is 8.31. The van der Waals surface area contributed by atoms with Gasteiger partial charge < -0.3 is 14.3 Å². The second-order valence-electron chi connectivity index (χ2n) is 6.56. The summed E-state index contributed by atoms with van der Waals surface area (Å²) in [4.78, 5) is 10.5. The van der Waals surface area contributed by atoms with Crippen LogP contribution in [0.3, 0.4) is 0 Å². The summed E-state index contributed by atoms with van der Waals surface area (Å²) in [7, 11) is -1.71. The lowest BCUT2D eigenvalue weighted by Gasteiger charge is -2.36. The number of aliphatic hydroxyl groups excluding tert-OH is 1. The molecule has 0 bridgehead atoms. The second kappa shape index (κ2) is 8.59. The molecule has 0 radical (unpaired) electrons. The SMILES string of the molecule is CC(=O)OC/C=C/CC(O)CCO[Si](C)(C)C(C)(C)C. The Morgan fingerprint density at radius 2 is 1.90 bits per heavy atom. The molecule has 0 aromatic heterocycles. The van der Waals surface area contributed by atoms with Crippen molar-refractivity contribution in [2.75, 3.05) is 13.2 Å². The van der Waals surface area contributed by atoms with Crippen molar-refractivity contribution < 1.29 is 19.1 Å². The van der Waals surface area contributed by atoms with Crippen molar-refractivity contribution in [1.82, 2.24) is 0 Å². The van der Waals surface area contributed by atoms with Crippen LogP contribution in [0.2, 0.25) is 18.1 Å². The molecule has 1 atom stereocenters. The molecule has 0 amide bonds. The van der Waals surface area contributed by atoms with Crippen LogP contribution < -0.4 is 0 Å². The van der Waals surface area contributed by atoms with E-state index in [0.29, 0.717) is 19.4 Å². The van der Waals surface area contributed by atoms with Gasteiger partial charge in [0.15, 0.2) is 8.32 Å². The lowest BCUT2D eigenvalue weighted by Crippen LogP contribution is -2.41. The van der Waals surface area contributed by atoms with E-state index < -0.39 is 14.4 Å². The Morgan fingerprint density at radius 3 is 2.40 bits per heavy atom. The number of hydrogen-bond acceptors (Lipinski definition) is 4. The third-order valence-corrected chi connectivity index (χ3v) is 8.22. The van der Waals surface area contributed by atoms with Gasteiger partial charge in [-0.25, -0.2) is 0 Å². The van der Waals surface area contributed by atoms with Crippen LogP contribution in [0.15, 0.2) is 12.2 Å². The zero-order valence-electron chi connectivity index (χ0n) is 13.7. The average Bonchev–Trinajstić information content (AvgIpc) is 2.26. The first-order chi connectivity index (χ1) is 9.06. The molecule has 20 heavy (non-hydrogen) atoms. The molecule has 0 spiro atoms. The van der Waals surface area contributed by atoms with E-state index in [1.54, 1.807) is 6.08 Å². The third kappa shape index (κ3) is 8.50. The van der Waals surface area contributed by atoms with Gasteiger partial charge in [-0.15, -0.1) is 0 Å². The van der Waals surface area contributed by atoms with Crippen LogP contribution >= 0.6 is 0 Å². The lowest BCUT2D eigenvalue weighted by molar-refractivity contribution is -0.139. The normalized spacial score (nSPS) is 14.6. The number of aliphatic hydroxyl groups is 1. The molecule has 0 heterocycles. The summed E-state index contributed by atoms with van der Waals surface area (Å²) in [5.74, 6) is -0.294. The van der Waals surface area contributed by atoms with Crippen molar-refractivity contribution in [3.63, 3.8) is 0 Å². The molecule has 1 N–H and O–H groups in total. The van der Waals surface area contributed by atoms with Gasteiger partial charge in [0.05, 0.1) is 6.10 Å². The molecule has 0 aromatic carbocycles. The molecule has 0 aliphatic carbocycles. The fourth-order valence-electron chi connectivity index (χ4n) is 1.27. The molecule has 0 aliphatic heterocycles. The maximum atomic E-state index is 10.5. The summed E-state index contributed by atoms with van der Waals surface area (Å²) >= 11 is 0. The zero-order valence-corrected chi connectivity index (χ0v) is 14.7. The van der Waals surface area contributed by atoms with Crippen LogP contribution in [0.4, 0.5) is 0 Å². The topological polar surface area (TPSA) is 55.8 Å². The lowest BCUT2D eigenvalue weighted by atomic mass is 10.2. The fourth-order valence-corrected chi connectivity index (χ4v) is 2.33. The highest BCUT2D eigenvalue weighted by Gasteiger charge is 2.36. The molecule has 0 aliphatic rings. The molecule has 5 heteroatoms. The summed E-state index contributed by atoms with van der Waals surface area (Å²) in [5, 5.41) is 10.0. The summed E-state index contributed by atoms with van der Waals surface area (Å²) in [6.45, 7) is 13.3. The van der Waals surface area contributed by atoms with Gasteiger partial charge in [0.2, 0.25) is 0 Å². The predicted octanol–water partition coefficient (Wildman–Crippen LogP) is 3.27. The van der Waals surface area contributed by atoms with Crippen molar-refractivity contribution in [2.24, 2.45) is 0 Å².